The number of alkyl carbamates (subject to hydrolysis) is 2. The maximum absolute atomic E-state index is 14.1. The Balaban J connectivity index is 1.05. The number of methoxy groups -OCH3 is 2. The lowest BCUT2D eigenvalue weighted by atomic mass is 9.95. The van der Waals surface area contributed by atoms with E-state index < -0.39 is 34.1 Å². The van der Waals surface area contributed by atoms with Gasteiger partial charge in [-0.2, -0.15) is 0 Å². The van der Waals surface area contributed by atoms with Crippen LogP contribution in [-0.2, 0) is 28.9 Å². The van der Waals surface area contributed by atoms with Crippen LogP contribution in [-0.4, -0.2) is 103 Å². The normalized spacial score (nSPS) is 21.0. The second-order valence-corrected chi connectivity index (χ2v) is 17.8. The second kappa shape index (κ2) is 17.5. The van der Waals surface area contributed by atoms with Gasteiger partial charge in [0.25, 0.3) is 0 Å². The molecule has 0 aliphatic carbocycles. The molecule has 320 valence electrons. The molecule has 4 aliphatic heterocycles. The Morgan fingerprint density at radius 1 is 0.833 bits per heavy atom. The van der Waals surface area contributed by atoms with E-state index in [4.69, 9.17) is 19.2 Å². The molecule has 5 heterocycles. The van der Waals surface area contributed by atoms with E-state index in [-0.39, 0.29) is 57.0 Å². The molecule has 1 aromatic heterocycles. The zero-order valence-corrected chi connectivity index (χ0v) is 35.6. The molecule has 2 aromatic carbocycles. The highest BCUT2D eigenvalue weighted by Crippen LogP contribution is 2.45. The molecule has 0 unspecified atom stereocenters. The number of nitrogens with zero attached hydrogens (tertiary/aromatic N) is 4. The van der Waals surface area contributed by atoms with E-state index in [9.17, 15) is 27.6 Å². The van der Waals surface area contributed by atoms with Crippen molar-refractivity contribution in [2.24, 2.45) is 16.8 Å². The molecule has 0 bridgehead atoms. The molecule has 2 fully saturated rings. The third-order valence-electron chi connectivity index (χ3n) is 12.4. The molecule has 6 atom stereocenters. The number of sulfone groups is 1. The van der Waals surface area contributed by atoms with Gasteiger partial charge in [0, 0.05) is 37.0 Å². The van der Waals surface area contributed by atoms with Crippen LogP contribution in [0.3, 0.4) is 0 Å². The number of benzene rings is 2. The van der Waals surface area contributed by atoms with Gasteiger partial charge in [0.2, 0.25) is 21.7 Å². The first-order valence-electron chi connectivity index (χ1n) is 20.6. The van der Waals surface area contributed by atoms with E-state index in [1.165, 1.54) is 14.2 Å². The van der Waals surface area contributed by atoms with E-state index in [1.54, 1.807) is 58.6 Å². The lowest BCUT2D eigenvalue weighted by Crippen LogP contribution is -2.54. The SMILES string of the molecule is CC[C@H](C)[C@H](NC(=O)OC)C(=O)N1CCC[C@H]1C1=NC=C(c2ccc3c(c2)Oc2ccc(-c4cnc([C@@H]5CCCN5C(=O)[C@@H](NC(=O)OC)[C@@H](C)CC)[nH]4)cc2S3(=O)=O)C1. The molecule has 17 heteroatoms. The molecule has 16 nitrogen and oxygen atoms in total. The number of ether oxygens (including phenoxy) is 3. The Labute approximate surface area is 350 Å². The molecule has 0 spiro atoms. The van der Waals surface area contributed by atoms with Gasteiger partial charge in [-0.15, -0.1) is 0 Å². The molecular weight excluding hydrogens is 791 g/mol. The maximum Gasteiger partial charge on any atom is 0.407 e. The van der Waals surface area contributed by atoms with Crippen molar-refractivity contribution in [3.05, 3.63) is 60.2 Å². The summed E-state index contributed by atoms with van der Waals surface area (Å²) in [5.74, 6) is 0.374. The average Bonchev–Trinajstić information content (AvgIpc) is 4.10. The average molecular weight is 844 g/mol. The van der Waals surface area contributed by atoms with Gasteiger partial charge in [0.1, 0.15) is 39.2 Å². The topological polar surface area (TPSA) is 202 Å². The van der Waals surface area contributed by atoms with Gasteiger partial charge in [-0.1, -0.05) is 46.6 Å². The first-order valence-corrected chi connectivity index (χ1v) is 22.1. The van der Waals surface area contributed by atoms with Crippen LogP contribution in [0, 0.1) is 11.8 Å². The minimum atomic E-state index is -3.99. The third kappa shape index (κ3) is 8.10. The van der Waals surface area contributed by atoms with Crippen LogP contribution in [0.4, 0.5) is 9.59 Å². The van der Waals surface area contributed by atoms with E-state index in [1.807, 2.05) is 27.7 Å². The predicted molar refractivity (Wildman–Crippen MR) is 222 cm³/mol. The summed E-state index contributed by atoms with van der Waals surface area (Å²) in [6.07, 6.45) is 6.90. The summed E-state index contributed by atoms with van der Waals surface area (Å²) in [6.45, 7) is 8.82. The molecule has 0 radical (unpaired) electrons. The summed E-state index contributed by atoms with van der Waals surface area (Å²) in [5, 5.41) is 5.43. The van der Waals surface area contributed by atoms with Crippen LogP contribution < -0.4 is 15.4 Å². The molecule has 3 aromatic rings. The molecule has 3 N–H and O–H groups in total. The number of hydrogen-bond donors (Lipinski definition) is 3. The Bertz CT molecular complexity index is 2340. The van der Waals surface area contributed by atoms with Crippen LogP contribution in [0.15, 0.2) is 63.6 Å². The summed E-state index contributed by atoms with van der Waals surface area (Å²) in [7, 11) is -1.45. The number of aliphatic imine (C=N–C) groups is 1. The number of aromatic nitrogens is 2. The number of rotatable bonds is 12. The lowest BCUT2D eigenvalue weighted by Gasteiger charge is -2.31. The van der Waals surface area contributed by atoms with Crippen LogP contribution in [0.1, 0.15) is 90.1 Å². The Morgan fingerprint density at radius 3 is 2.05 bits per heavy atom. The van der Waals surface area contributed by atoms with Crippen molar-refractivity contribution < 1.29 is 41.8 Å². The fourth-order valence-corrected chi connectivity index (χ4v) is 9.99. The van der Waals surface area contributed by atoms with E-state index >= 15 is 0 Å². The number of hydrogen-bond acceptors (Lipinski definition) is 11. The summed E-state index contributed by atoms with van der Waals surface area (Å²) in [6, 6.07) is 7.92. The number of fused-ring (bicyclic) bond motifs is 2. The lowest BCUT2D eigenvalue weighted by molar-refractivity contribution is -0.136. The van der Waals surface area contributed by atoms with Crippen molar-refractivity contribution >= 4 is 45.1 Å². The molecule has 60 heavy (non-hydrogen) atoms. The molecule has 2 saturated heterocycles. The van der Waals surface area contributed by atoms with Gasteiger partial charge in [0.05, 0.1) is 38.2 Å². The number of allylic oxidation sites excluding steroid dienone is 1. The maximum atomic E-state index is 14.1. The summed E-state index contributed by atoms with van der Waals surface area (Å²) in [5.41, 5.74) is 3.62. The summed E-state index contributed by atoms with van der Waals surface area (Å²) in [4.78, 5) is 68.1. The van der Waals surface area contributed by atoms with Gasteiger partial charge in [-0.05, 0) is 79.0 Å². The number of aromatic amines is 1. The minimum Gasteiger partial charge on any atom is -0.455 e. The fraction of sp³-hybridized carbons (Fsp3) is 0.488. The highest BCUT2D eigenvalue weighted by molar-refractivity contribution is 7.91. The van der Waals surface area contributed by atoms with Crippen molar-refractivity contribution in [2.45, 2.75) is 107 Å². The van der Waals surface area contributed by atoms with Gasteiger partial charge in [-0.3, -0.25) is 14.6 Å². The molecule has 7 rings (SSSR count). The van der Waals surface area contributed by atoms with Gasteiger partial charge in [0.15, 0.2) is 0 Å². The van der Waals surface area contributed by atoms with Crippen molar-refractivity contribution in [3.8, 4) is 22.8 Å². The summed E-state index contributed by atoms with van der Waals surface area (Å²) < 4.78 is 44.1. The molecule has 4 amide bonds. The smallest absolute Gasteiger partial charge is 0.407 e. The quantitative estimate of drug-likeness (QED) is 0.143. The number of imidazole rings is 1. The molecule has 0 saturated carbocycles. The van der Waals surface area contributed by atoms with Crippen molar-refractivity contribution in [2.75, 3.05) is 27.3 Å². The van der Waals surface area contributed by atoms with Gasteiger partial charge in [-0.25, -0.2) is 23.0 Å². The van der Waals surface area contributed by atoms with E-state index in [0.29, 0.717) is 55.9 Å². The largest absolute Gasteiger partial charge is 0.455 e. The highest BCUT2D eigenvalue weighted by Gasteiger charge is 2.41. The standard InChI is InChI=1S/C43H53N7O9S/c1-7-24(3)37(47-42(53)57-5)40(51)49-17-9-11-31(49)29-19-28(22-44-29)26-14-16-35-34(20-26)59-33-15-13-27(21-36(33)60(35,55)56)30-23-45-39(46-30)32-12-10-18-50(32)41(52)38(25(4)8-2)48-43(54)58-6/h13-16,20-25,31-32,37-38H,7-12,17-19H2,1-6H3,(H,45,46)(H,47,53)(H,48,54)/t24-,25-,31-,32-,37-,38-/m0/s1. The third-order valence-corrected chi connectivity index (χ3v) is 14.2. The number of carbonyl (C=O) groups is 4. The molecule has 4 aliphatic rings. The Morgan fingerprint density at radius 2 is 1.43 bits per heavy atom. The first-order chi connectivity index (χ1) is 28.8. The van der Waals surface area contributed by atoms with Gasteiger partial charge >= 0.3 is 12.2 Å². The second-order valence-electron chi connectivity index (χ2n) is 15.9. The van der Waals surface area contributed by atoms with Crippen molar-refractivity contribution in [1.29, 1.82) is 0 Å². The zero-order valence-electron chi connectivity index (χ0n) is 34.8. The first kappa shape index (κ1) is 42.4. The fourth-order valence-electron chi connectivity index (χ4n) is 8.48. The zero-order chi connectivity index (χ0) is 42.9. The van der Waals surface area contributed by atoms with Gasteiger partial charge < -0.3 is 39.6 Å². The number of carbonyl (C=O) groups excluding carboxylic acids is 4. The monoisotopic (exact) mass is 843 g/mol. The number of nitrogens with one attached hydrogen (secondary N) is 3. The van der Waals surface area contributed by atoms with Crippen LogP contribution in [0.25, 0.3) is 16.8 Å². The van der Waals surface area contributed by atoms with E-state index in [0.717, 1.165) is 36.1 Å². The Kier molecular flexibility index (Phi) is 12.4. The van der Waals surface area contributed by atoms with Crippen molar-refractivity contribution in [1.82, 2.24) is 30.4 Å². The predicted octanol–water partition coefficient (Wildman–Crippen LogP) is 6.40. The number of amides is 4. The van der Waals surface area contributed by atoms with E-state index in [2.05, 4.69) is 20.6 Å². The summed E-state index contributed by atoms with van der Waals surface area (Å²) >= 11 is 0. The van der Waals surface area contributed by atoms with Crippen molar-refractivity contribution in [3.63, 3.8) is 0 Å². The Hall–Kier alpha value is -5.71. The molecular formula is C43H53N7O9S. The van der Waals surface area contributed by atoms with Crippen LogP contribution in [0.2, 0.25) is 0 Å². The highest BCUT2D eigenvalue weighted by atomic mass is 32.2. The van der Waals surface area contributed by atoms with Crippen LogP contribution in [0.5, 0.6) is 11.5 Å². The number of H-pyrrole nitrogens is 1. The minimum absolute atomic E-state index is 0.0217. The number of likely N-dealkylation sites (tertiary alicyclic amines) is 2. The van der Waals surface area contributed by atoms with Crippen LogP contribution >= 0.6 is 0 Å².